The number of rotatable bonds is 5. The predicted molar refractivity (Wildman–Crippen MR) is 125 cm³/mol. The van der Waals surface area contributed by atoms with Gasteiger partial charge in [0.1, 0.15) is 0 Å². The Bertz CT molecular complexity index is 1080. The molecule has 1 amide bonds. The van der Waals surface area contributed by atoms with Crippen LogP contribution in [0.1, 0.15) is 50.2 Å². The molecule has 4 rings (SSSR count). The average molecular weight is 399 g/mol. The smallest absolute Gasteiger partial charge is 0.244 e. The van der Waals surface area contributed by atoms with Crippen molar-refractivity contribution < 1.29 is 4.79 Å². The van der Waals surface area contributed by atoms with Gasteiger partial charge in [0, 0.05) is 24.2 Å². The molecule has 0 aliphatic heterocycles. The molecule has 0 unspecified atom stereocenters. The van der Waals surface area contributed by atoms with Gasteiger partial charge in [-0.25, -0.2) is 0 Å². The highest BCUT2D eigenvalue weighted by molar-refractivity contribution is 5.96. The van der Waals surface area contributed by atoms with Gasteiger partial charge in [0.15, 0.2) is 0 Å². The third-order valence-electron chi connectivity index (χ3n) is 6.23. The molecular formula is C27H30N2O. The molecular weight excluding hydrogens is 368 g/mol. The average Bonchev–Trinajstić information content (AvgIpc) is 2.78. The second-order valence-electron chi connectivity index (χ2n) is 8.52. The van der Waals surface area contributed by atoms with E-state index in [1.54, 1.807) is 6.08 Å². The number of benzene rings is 2. The fourth-order valence-corrected chi connectivity index (χ4v) is 4.38. The van der Waals surface area contributed by atoms with E-state index in [4.69, 9.17) is 0 Å². The summed E-state index contributed by atoms with van der Waals surface area (Å²) in [6.45, 7) is 4.90. The summed E-state index contributed by atoms with van der Waals surface area (Å²) >= 11 is 0. The quantitative estimate of drug-likeness (QED) is 0.512. The van der Waals surface area contributed by atoms with Gasteiger partial charge in [-0.15, -0.1) is 0 Å². The summed E-state index contributed by atoms with van der Waals surface area (Å²) < 4.78 is 0. The molecule has 1 aliphatic rings. The molecule has 0 spiro atoms. The summed E-state index contributed by atoms with van der Waals surface area (Å²) in [5.41, 5.74) is 6.56. The minimum atomic E-state index is -0.00756. The molecule has 1 aliphatic carbocycles. The lowest BCUT2D eigenvalue weighted by Gasteiger charge is -2.21. The van der Waals surface area contributed by atoms with E-state index in [0.717, 1.165) is 28.6 Å². The van der Waals surface area contributed by atoms with Gasteiger partial charge in [0.2, 0.25) is 5.91 Å². The summed E-state index contributed by atoms with van der Waals surface area (Å²) in [6, 6.07) is 16.9. The van der Waals surface area contributed by atoms with Crippen LogP contribution in [0, 0.1) is 12.8 Å². The number of carbonyl (C=O) groups excluding carboxylic acids is 1. The minimum absolute atomic E-state index is 0.00756. The van der Waals surface area contributed by atoms with Gasteiger partial charge in [0.05, 0.1) is 5.52 Å². The maximum Gasteiger partial charge on any atom is 0.244 e. The van der Waals surface area contributed by atoms with Gasteiger partial charge < -0.3 is 5.32 Å². The van der Waals surface area contributed by atoms with Crippen molar-refractivity contribution in [3.05, 3.63) is 71.9 Å². The van der Waals surface area contributed by atoms with Crippen LogP contribution in [0.15, 0.2) is 60.8 Å². The summed E-state index contributed by atoms with van der Waals surface area (Å²) in [4.78, 5) is 17.0. The van der Waals surface area contributed by atoms with Crippen molar-refractivity contribution in [3.63, 3.8) is 0 Å². The van der Waals surface area contributed by atoms with Gasteiger partial charge in [-0.2, -0.15) is 0 Å². The summed E-state index contributed by atoms with van der Waals surface area (Å²) in [6.07, 6.45) is 9.96. The van der Waals surface area contributed by atoms with Crippen molar-refractivity contribution in [3.8, 4) is 11.1 Å². The van der Waals surface area contributed by atoms with E-state index < -0.39 is 0 Å². The zero-order chi connectivity index (χ0) is 20.9. The van der Waals surface area contributed by atoms with Gasteiger partial charge >= 0.3 is 0 Å². The third kappa shape index (κ3) is 4.79. The van der Waals surface area contributed by atoms with Gasteiger partial charge in [-0.05, 0) is 78.6 Å². The van der Waals surface area contributed by atoms with Crippen molar-refractivity contribution in [2.45, 2.75) is 46.0 Å². The first-order valence-electron chi connectivity index (χ1n) is 11.0. The largest absolute Gasteiger partial charge is 0.352 e. The number of pyridine rings is 1. The molecule has 1 heterocycles. The highest BCUT2D eigenvalue weighted by atomic mass is 16.1. The van der Waals surface area contributed by atoms with Crippen molar-refractivity contribution in [2.75, 3.05) is 6.54 Å². The first kappa shape index (κ1) is 20.3. The number of hydrogen-bond donors (Lipinski definition) is 1. The number of allylic oxidation sites excluding steroid dienone is 1. The number of amides is 1. The molecule has 0 atom stereocenters. The molecule has 1 saturated carbocycles. The maximum absolute atomic E-state index is 12.4. The predicted octanol–water partition coefficient (Wildman–Crippen LogP) is 6.31. The number of fused-ring (bicyclic) bond motifs is 1. The second-order valence-corrected chi connectivity index (χ2v) is 8.52. The Morgan fingerprint density at radius 2 is 1.90 bits per heavy atom. The summed E-state index contributed by atoms with van der Waals surface area (Å²) in [7, 11) is 0. The summed E-state index contributed by atoms with van der Waals surface area (Å²) in [5.74, 6) is 0.630. The van der Waals surface area contributed by atoms with Gasteiger partial charge in [-0.3, -0.25) is 9.78 Å². The van der Waals surface area contributed by atoms with Crippen LogP contribution in [-0.4, -0.2) is 17.4 Å². The van der Waals surface area contributed by atoms with Gasteiger partial charge in [-0.1, -0.05) is 49.6 Å². The number of nitrogens with one attached hydrogen (secondary N) is 1. The van der Waals surface area contributed by atoms with Crippen LogP contribution >= 0.6 is 0 Å². The monoisotopic (exact) mass is 398 g/mol. The van der Waals surface area contributed by atoms with Crippen LogP contribution in [-0.2, 0) is 4.79 Å². The van der Waals surface area contributed by atoms with Crippen molar-refractivity contribution >= 4 is 22.4 Å². The first-order chi connectivity index (χ1) is 14.6. The molecule has 3 nitrogen and oxygen atoms in total. The molecule has 1 fully saturated rings. The molecule has 0 saturated heterocycles. The minimum Gasteiger partial charge on any atom is -0.352 e. The lowest BCUT2D eigenvalue weighted by molar-refractivity contribution is -0.116. The highest BCUT2D eigenvalue weighted by Gasteiger charge is 2.14. The SMILES string of the molecule is CC(=CC(=O)NCC1CCCCC1)c1cnc2ccc(-c3ccccc3C)cc2c1. The maximum atomic E-state index is 12.4. The van der Waals surface area contributed by atoms with Crippen LogP contribution in [0.4, 0.5) is 0 Å². The molecule has 2 aromatic carbocycles. The molecule has 3 heteroatoms. The lowest BCUT2D eigenvalue weighted by atomic mass is 9.89. The highest BCUT2D eigenvalue weighted by Crippen LogP contribution is 2.28. The third-order valence-corrected chi connectivity index (χ3v) is 6.23. The number of aryl methyl sites for hydroxylation is 1. The van der Waals surface area contributed by atoms with Crippen LogP contribution in [0.5, 0.6) is 0 Å². The van der Waals surface area contributed by atoms with E-state index in [0.29, 0.717) is 5.92 Å². The zero-order valence-corrected chi connectivity index (χ0v) is 17.9. The van der Waals surface area contributed by atoms with E-state index in [1.165, 1.54) is 48.8 Å². The topological polar surface area (TPSA) is 42.0 Å². The van der Waals surface area contributed by atoms with Crippen LogP contribution < -0.4 is 5.32 Å². The van der Waals surface area contributed by atoms with Crippen LogP contribution in [0.25, 0.3) is 27.6 Å². The van der Waals surface area contributed by atoms with Crippen molar-refractivity contribution in [2.24, 2.45) is 5.92 Å². The summed E-state index contributed by atoms with van der Waals surface area (Å²) in [5, 5.41) is 4.18. The van der Waals surface area contributed by atoms with Crippen LogP contribution in [0.3, 0.4) is 0 Å². The van der Waals surface area contributed by atoms with Crippen molar-refractivity contribution in [1.82, 2.24) is 10.3 Å². The number of carbonyl (C=O) groups is 1. The van der Waals surface area contributed by atoms with E-state index >= 15 is 0 Å². The zero-order valence-electron chi connectivity index (χ0n) is 17.9. The van der Waals surface area contributed by atoms with Crippen LogP contribution in [0.2, 0.25) is 0 Å². The lowest BCUT2D eigenvalue weighted by Crippen LogP contribution is -2.29. The fourth-order valence-electron chi connectivity index (χ4n) is 4.38. The second kappa shape index (κ2) is 9.25. The Morgan fingerprint density at radius 3 is 2.70 bits per heavy atom. The Hall–Kier alpha value is -2.94. The Balaban J connectivity index is 1.52. The van der Waals surface area contributed by atoms with Gasteiger partial charge in [0.25, 0.3) is 0 Å². The Labute approximate surface area is 179 Å². The Morgan fingerprint density at radius 1 is 1.10 bits per heavy atom. The molecule has 154 valence electrons. The van der Waals surface area contributed by atoms with E-state index in [2.05, 4.69) is 65.8 Å². The van der Waals surface area contributed by atoms with E-state index in [9.17, 15) is 4.79 Å². The first-order valence-corrected chi connectivity index (χ1v) is 11.0. The number of hydrogen-bond acceptors (Lipinski definition) is 2. The molecule has 1 aromatic heterocycles. The number of aromatic nitrogens is 1. The Kier molecular flexibility index (Phi) is 6.27. The normalized spacial score (nSPS) is 15.3. The molecule has 30 heavy (non-hydrogen) atoms. The molecule has 1 N–H and O–H groups in total. The molecule has 0 radical (unpaired) electrons. The standard InChI is InChI=1S/C27H30N2O/c1-19-8-6-7-11-25(19)22-12-13-26-23(15-22)16-24(18-28-26)20(2)14-27(30)29-17-21-9-4-3-5-10-21/h6-8,11-16,18,21H,3-5,9-10,17H2,1-2H3,(H,29,30). The van der Waals surface area contributed by atoms with Crippen molar-refractivity contribution in [1.29, 1.82) is 0 Å². The number of nitrogens with zero attached hydrogens (tertiary/aromatic N) is 1. The molecule has 3 aromatic rings. The van der Waals surface area contributed by atoms with E-state index in [-0.39, 0.29) is 5.91 Å². The fraction of sp³-hybridized carbons (Fsp3) is 0.333. The van der Waals surface area contributed by atoms with E-state index in [1.807, 2.05) is 13.1 Å². The molecule has 0 bridgehead atoms.